The monoisotopic (exact) mass is 280 g/mol. The van der Waals surface area contributed by atoms with E-state index in [1.165, 1.54) is 11.1 Å². The number of carbonyl (C=O) groups is 1. The zero-order valence-electron chi connectivity index (χ0n) is 12.0. The third-order valence-electron chi connectivity index (χ3n) is 4.13. The van der Waals surface area contributed by atoms with Gasteiger partial charge in [-0.25, -0.2) is 0 Å². The first-order valence-corrected chi connectivity index (χ1v) is 7.43. The fraction of sp³-hybridized carbons (Fsp3) is 0.278. The number of rotatable bonds is 3. The SMILES string of the molecule is NC(=O)[C@@H]1CCCc2ccccc2N1Cc1ccccc1. The van der Waals surface area contributed by atoms with E-state index >= 15 is 0 Å². The molecule has 3 nitrogen and oxygen atoms in total. The average Bonchev–Trinajstić information content (AvgIpc) is 2.68. The summed E-state index contributed by atoms with van der Waals surface area (Å²) in [6.07, 6.45) is 2.82. The molecule has 2 aromatic rings. The standard InChI is InChI=1S/C18H20N2O/c19-18(21)17-12-6-10-15-9-4-5-11-16(15)20(17)13-14-7-2-1-3-8-14/h1-5,7-9,11,17H,6,10,12-13H2,(H2,19,21)/t17-/m0/s1. The summed E-state index contributed by atoms with van der Waals surface area (Å²) in [4.78, 5) is 14.1. The van der Waals surface area contributed by atoms with Gasteiger partial charge in [-0.3, -0.25) is 4.79 Å². The van der Waals surface area contributed by atoms with E-state index < -0.39 is 0 Å². The van der Waals surface area contributed by atoms with Crippen LogP contribution in [0.15, 0.2) is 54.6 Å². The topological polar surface area (TPSA) is 46.3 Å². The van der Waals surface area contributed by atoms with Gasteiger partial charge in [0.05, 0.1) is 0 Å². The first-order chi connectivity index (χ1) is 10.3. The Hall–Kier alpha value is -2.29. The molecule has 0 fully saturated rings. The van der Waals surface area contributed by atoms with Crippen LogP contribution in [-0.2, 0) is 17.8 Å². The predicted molar refractivity (Wildman–Crippen MR) is 85.0 cm³/mol. The molecule has 1 aliphatic heterocycles. The van der Waals surface area contributed by atoms with Gasteiger partial charge in [-0.05, 0) is 36.5 Å². The number of carbonyl (C=O) groups excluding carboxylic acids is 1. The van der Waals surface area contributed by atoms with Crippen LogP contribution in [0.4, 0.5) is 5.69 Å². The summed E-state index contributed by atoms with van der Waals surface area (Å²) in [7, 11) is 0. The van der Waals surface area contributed by atoms with Crippen molar-refractivity contribution >= 4 is 11.6 Å². The number of anilines is 1. The second kappa shape index (κ2) is 6.00. The fourth-order valence-electron chi connectivity index (χ4n) is 3.08. The minimum absolute atomic E-state index is 0.228. The smallest absolute Gasteiger partial charge is 0.240 e. The lowest BCUT2D eigenvalue weighted by Gasteiger charge is -2.31. The maximum atomic E-state index is 11.9. The van der Waals surface area contributed by atoms with Gasteiger partial charge in [0.15, 0.2) is 0 Å². The molecule has 2 N–H and O–H groups in total. The highest BCUT2D eigenvalue weighted by atomic mass is 16.1. The molecule has 21 heavy (non-hydrogen) atoms. The molecule has 3 heteroatoms. The van der Waals surface area contributed by atoms with Crippen LogP contribution in [0.3, 0.4) is 0 Å². The molecule has 0 saturated carbocycles. The zero-order chi connectivity index (χ0) is 14.7. The molecule has 0 unspecified atom stereocenters. The lowest BCUT2D eigenvalue weighted by molar-refractivity contribution is -0.119. The number of hydrogen-bond donors (Lipinski definition) is 1. The Morgan fingerprint density at radius 1 is 1.10 bits per heavy atom. The van der Waals surface area contributed by atoms with Gasteiger partial charge in [0, 0.05) is 12.2 Å². The highest BCUT2D eigenvalue weighted by Crippen LogP contribution is 2.30. The summed E-state index contributed by atoms with van der Waals surface area (Å²) in [5.41, 5.74) is 9.30. The number of para-hydroxylation sites is 1. The molecule has 0 spiro atoms. The van der Waals surface area contributed by atoms with Gasteiger partial charge in [-0.15, -0.1) is 0 Å². The predicted octanol–water partition coefficient (Wildman–Crippen LogP) is 2.88. The number of nitrogens with two attached hydrogens (primary N) is 1. The average molecular weight is 280 g/mol. The molecule has 0 aliphatic carbocycles. The molecule has 1 heterocycles. The van der Waals surface area contributed by atoms with E-state index in [0.717, 1.165) is 24.9 Å². The Morgan fingerprint density at radius 3 is 2.57 bits per heavy atom. The molecule has 0 saturated heterocycles. The first-order valence-electron chi connectivity index (χ1n) is 7.43. The molecule has 1 aliphatic rings. The van der Waals surface area contributed by atoms with Crippen LogP contribution in [0, 0.1) is 0 Å². The van der Waals surface area contributed by atoms with Gasteiger partial charge in [-0.2, -0.15) is 0 Å². The van der Waals surface area contributed by atoms with Crippen molar-refractivity contribution in [3.05, 3.63) is 65.7 Å². The molecule has 108 valence electrons. The Kier molecular flexibility index (Phi) is 3.91. The summed E-state index contributed by atoms with van der Waals surface area (Å²) >= 11 is 0. The van der Waals surface area contributed by atoms with Crippen LogP contribution in [0.5, 0.6) is 0 Å². The van der Waals surface area contributed by atoms with Crippen LogP contribution < -0.4 is 10.6 Å². The second-order valence-electron chi connectivity index (χ2n) is 5.55. The van der Waals surface area contributed by atoms with Gasteiger partial charge >= 0.3 is 0 Å². The number of primary amides is 1. The molecule has 0 bridgehead atoms. The zero-order valence-corrected chi connectivity index (χ0v) is 12.0. The molecule has 1 amide bonds. The van der Waals surface area contributed by atoms with Crippen molar-refractivity contribution in [2.24, 2.45) is 5.73 Å². The van der Waals surface area contributed by atoms with E-state index in [1.807, 2.05) is 24.3 Å². The van der Waals surface area contributed by atoms with Gasteiger partial charge in [0.25, 0.3) is 0 Å². The normalized spacial score (nSPS) is 17.9. The number of amides is 1. The van der Waals surface area contributed by atoms with Crippen LogP contribution in [0.25, 0.3) is 0 Å². The highest BCUT2D eigenvalue weighted by molar-refractivity contribution is 5.84. The van der Waals surface area contributed by atoms with Crippen molar-refractivity contribution in [3.63, 3.8) is 0 Å². The van der Waals surface area contributed by atoms with E-state index in [2.05, 4.69) is 35.2 Å². The Morgan fingerprint density at radius 2 is 1.81 bits per heavy atom. The first kappa shape index (κ1) is 13.7. The quantitative estimate of drug-likeness (QED) is 0.939. The highest BCUT2D eigenvalue weighted by Gasteiger charge is 2.28. The van der Waals surface area contributed by atoms with Gasteiger partial charge in [0.1, 0.15) is 6.04 Å². The van der Waals surface area contributed by atoms with Gasteiger partial charge in [0.2, 0.25) is 5.91 Å². The molecule has 0 radical (unpaired) electrons. The molecular formula is C18H20N2O. The molecular weight excluding hydrogens is 260 g/mol. The van der Waals surface area contributed by atoms with E-state index in [4.69, 9.17) is 5.73 Å². The fourth-order valence-corrected chi connectivity index (χ4v) is 3.08. The maximum Gasteiger partial charge on any atom is 0.240 e. The summed E-state index contributed by atoms with van der Waals surface area (Å²) < 4.78 is 0. The van der Waals surface area contributed by atoms with Crippen molar-refractivity contribution in [2.75, 3.05) is 4.90 Å². The minimum atomic E-state index is -0.234. The summed E-state index contributed by atoms with van der Waals surface area (Å²) in [5.74, 6) is -0.234. The van der Waals surface area contributed by atoms with E-state index in [1.54, 1.807) is 0 Å². The van der Waals surface area contributed by atoms with Crippen LogP contribution in [0.1, 0.15) is 24.0 Å². The van der Waals surface area contributed by atoms with Crippen molar-refractivity contribution in [3.8, 4) is 0 Å². The minimum Gasteiger partial charge on any atom is -0.368 e. The maximum absolute atomic E-state index is 11.9. The van der Waals surface area contributed by atoms with Crippen LogP contribution >= 0.6 is 0 Å². The molecule has 0 aromatic heterocycles. The third-order valence-corrected chi connectivity index (χ3v) is 4.13. The van der Waals surface area contributed by atoms with Crippen LogP contribution in [-0.4, -0.2) is 11.9 Å². The Bertz CT molecular complexity index is 624. The number of hydrogen-bond acceptors (Lipinski definition) is 2. The van der Waals surface area contributed by atoms with Crippen molar-refractivity contribution in [1.82, 2.24) is 0 Å². The van der Waals surface area contributed by atoms with Crippen molar-refractivity contribution < 1.29 is 4.79 Å². The number of aryl methyl sites for hydroxylation is 1. The lowest BCUT2D eigenvalue weighted by atomic mass is 10.1. The summed E-state index contributed by atoms with van der Waals surface area (Å²) in [5, 5.41) is 0. The molecule has 1 atom stereocenters. The van der Waals surface area contributed by atoms with E-state index in [0.29, 0.717) is 6.54 Å². The van der Waals surface area contributed by atoms with Crippen molar-refractivity contribution in [1.29, 1.82) is 0 Å². The summed E-state index contributed by atoms with van der Waals surface area (Å²) in [6.45, 7) is 0.714. The third kappa shape index (κ3) is 2.92. The van der Waals surface area contributed by atoms with Gasteiger partial charge in [-0.1, -0.05) is 48.5 Å². The Balaban J connectivity index is 2.00. The number of benzene rings is 2. The second-order valence-corrected chi connectivity index (χ2v) is 5.55. The van der Waals surface area contributed by atoms with Crippen LogP contribution in [0.2, 0.25) is 0 Å². The number of fused-ring (bicyclic) bond motifs is 1. The summed E-state index contributed by atoms with van der Waals surface area (Å²) in [6, 6.07) is 18.3. The van der Waals surface area contributed by atoms with E-state index in [-0.39, 0.29) is 11.9 Å². The lowest BCUT2D eigenvalue weighted by Crippen LogP contribution is -2.44. The van der Waals surface area contributed by atoms with Gasteiger partial charge < -0.3 is 10.6 Å². The molecule has 3 rings (SSSR count). The van der Waals surface area contributed by atoms with E-state index in [9.17, 15) is 4.79 Å². The Labute approximate surface area is 125 Å². The largest absolute Gasteiger partial charge is 0.368 e. The number of nitrogens with zero attached hydrogens (tertiary/aromatic N) is 1. The van der Waals surface area contributed by atoms with Crippen molar-refractivity contribution in [2.45, 2.75) is 31.8 Å². The molecule has 2 aromatic carbocycles.